The van der Waals surface area contributed by atoms with Crippen LogP contribution in [-0.2, 0) is 11.2 Å². The number of carbonyl (C=O) groups is 1. The van der Waals surface area contributed by atoms with Gasteiger partial charge < -0.3 is 5.32 Å². The molecule has 0 spiro atoms. The van der Waals surface area contributed by atoms with Crippen molar-refractivity contribution in [2.45, 2.75) is 37.9 Å². The Balaban J connectivity index is 1.90. The largest absolute Gasteiger partial charge is 0.326 e. The van der Waals surface area contributed by atoms with Gasteiger partial charge in [-0.25, -0.2) is 0 Å². The van der Waals surface area contributed by atoms with Gasteiger partial charge in [0.1, 0.15) is 0 Å². The van der Waals surface area contributed by atoms with Crippen LogP contribution in [0.15, 0.2) is 24.3 Å². The van der Waals surface area contributed by atoms with E-state index in [0.29, 0.717) is 10.7 Å². The highest BCUT2D eigenvalue weighted by Gasteiger charge is 2.29. The fraction of sp³-hybridized carbons (Fsp3) is 0.533. The van der Waals surface area contributed by atoms with E-state index in [-0.39, 0.29) is 11.8 Å². The van der Waals surface area contributed by atoms with Gasteiger partial charge in [0.15, 0.2) is 0 Å². The van der Waals surface area contributed by atoms with Crippen LogP contribution < -0.4 is 5.32 Å². The van der Waals surface area contributed by atoms with Crippen molar-refractivity contribution in [2.75, 3.05) is 5.32 Å². The molecule has 3 heteroatoms. The topological polar surface area (TPSA) is 29.1 Å². The number of halogens is 1. The molecule has 1 amide bonds. The third-order valence-electron chi connectivity index (χ3n) is 3.32. The summed E-state index contributed by atoms with van der Waals surface area (Å²) in [6.45, 7) is 4.42. The monoisotopic (exact) mass is 309 g/mol. The zero-order valence-electron chi connectivity index (χ0n) is 10.9. The molecule has 0 aliphatic heterocycles. The van der Waals surface area contributed by atoms with Gasteiger partial charge in [-0.3, -0.25) is 4.79 Å². The van der Waals surface area contributed by atoms with E-state index in [1.54, 1.807) is 0 Å². The molecule has 0 heterocycles. The van der Waals surface area contributed by atoms with Gasteiger partial charge in [0.2, 0.25) is 5.91 Å². The molecule has 1 saturated carbocycles. The van der Waals surface area contributed by atoms with Gasteiger partial charge in [-0.2, -0.15) is 0 Å². The average Bonchev–Trinajstić information content (AvgIpc) is 3.15. The molecule has 1 atom stereocenters. The highest BCUT2D eigenvalue weighted by atomic mass is 79.9. The third kappa shape index (κ3) is 3.84. The first-order valence-electron chi connectivity index (χ1n) is 6.60. The van der Waals surface area contributed by atoms with Gasteiger partial charge in [-0.05, 0) is 42.9 Å². The number of amides is 1. The summed E-state index contributed by atoms with van der Waals surface area (Å²) in [5, 5.41) is 2.96. The number of hydrogen-bond donors (Lipinski definition) is 1. The molecule has 1 aromatic rings. The Bertz CT molecular complexity index is 409. The first-order valence-corrected chi connectivity index (χ1v) is 7.51. The Morgan fingerprint density at radius 1 is 1.33 bits per heavy atom. The second-order valence-electron chi connectivity index (χ2n) is 5.42. The zero-order chi connectivity index (χ0) is 13.1. The molecule has 18 heavy (non-hydrogen) atoms. The van der Waals surface area contributed by atoms with Crippen LogP contribution in [-0.4, -0.2) is 10.7 Å². The Morgan fingerprint density at radius 2 is 1.94 bits per heavy atom. The average molecular weight is 310 g/mol. The summed E-state index contributed by atoms with van der Waals surface area (Å²) in [6.07, 6.45) is 3.11. The van der Waals surface area contributed by atoms with Crippen molar-refractivity contribution < 1.29 is 4.79 Å². The van der Waals surface area contributed by atoms with Crippen LogP contribution >= 0.6 is 15.9 Å². The first kappa shape index (κ1) is 13.6. The summed E-state index contributed by atoms with van der Waals surface area (Å²) in [5.74, 6) is 1.06. The van der Waals surface area contributed by atoms with Gasteiger partial charge in [0.05, 0.1) is 0 Å². The molecule has 1 aliphatic carbocycles. The maximum Gasteiger partial charge on any atom is 0.227 e. The van der Waals surface area contributed by atoms with E-state index in [2.05, 4.69) is 47.2 Å². The molecule has 0 aromatic heterocycles. The molecule has 1 unspecified atom stereocenters. The van der Waals surface area contributed by atoms with Gasteiger partial charge in [-0.1, -0.05) is 41.9 Å². The summed E-state index contributed by atoms with van der Waals surface area (Å²) >= 11 is 3.70. The summed E-state index contributed by atoms with van der Waals surface area (Å²) in [4.78, 5) is 12.1. The van der Waals surface area contributed by atoms with Crippen molar-refractivity contribution in [1.82, 2.24) is 0 Å². The highest BCUT2D eigenvalue weighted by molar-refractivity contribution is 9.09. The van der Waals surface area contributed by atoms with E-state index in [1.165, 1.54) is 5.56 Å². The summed E-state index contributed by atoms with van der Waals surface area (Å²) in [5.41, 5.74) is 2.21. The number of hydrogen-bond acceptors (Lipinski definition) is 1. The lowest BCUT2D eigenvalue weighted by atomic mass is 10.0. The molecule has 0 bridgehead atoms. The minimum Gasteiger partial charge on any atom is -0.326 e. The standard InChI is InChI=1S/C15H20BrNO/c1-10(2)14(16)9-11-3-7-13(8-4-11)17-15(18)12-5-6-12/h3-4,7-8,10,12,14H,5-6,9H2,1-2H3,(H,17,18). The lowest BCUT2D eigenvalue weighted by Gasteiger charge is -2.14. The number of benzene rings is 1. The number of carbonyl (C=O) groups excluding carboxylic acids is 1. The molecule has 2 rings (SSSR count). The molecule has 2 nitrogen and oxygen atoms in total. The Hall–Kier alpha value is -0.830. The smallest absolute Gasteiger partial charge is 0.227 e. The number of rotatable bonds is 5. The van der Waals surface area contributed by atoms with Gasteiger partial charge in [0.25, 0.3) is 0 Å². The van der Waals surface area contributed by atoms with Crippen LogP contribution in [0.1, 0.15) is 32.3 Å². The predicted molar refractivity (Wildman–Crippen MR) is 79.1 cm³/mol. The van der Waals surface area contributed by atoms with Crippen LogP contribution in [0.3, 0.4) is 0 Å². The zero-order valence-corrected chi connectivity index (χ0v) is 12.5. The molecule has 98 valence electrons. The Kier molecular flexibility index (Phi) is 4.44. The van der Waals surface area contributed by atoms with Crippen molar-refractivity contribution in [1.29, 1.82) is 0 Å². The second kappa shape index (κ2) is 5.87. The lowest BCUT2D eigenvalue weighted by molar-refractivity contribution is -0.117. The molecule has 1 aromatic carbocycles. The molecule has 1 fully saturated rings. The predicted octanol–water partition coefficient (Wildman–Crippen LogP) is 4.00. The molecule has 1 aliphatic rings. The van der Waals surface area contributed by atoms with E-state index in [1.807, 2.05) is 12.1 Å². The first-order chi connectivity index (χ1) is 8.56. The summed E-state index contributed by atoms with van der Waals surface area (Å²) in [6, 6.07) is 8.18. The van der Waals surface area contributed by atoms with E-state index in [4.69, 9.17) is 0 Å². The Morgan fingerprint density at radius 3 is 2.44 bits per heavy atom. The van der Waals surface area contributed by atoms with Crippen molar-refractivity contribution in [3.63, 3.8) is 0 Å². The van der Waals surface area contributed by atoms with Crippen LogP contribution in [0.5, 0.6) is 0 Å². The van der Waals surface area contributed by atoms with E-state index in [0.717, 1.165) is 24.9 Å². The van der Waals surface area contributed by atoms with Crippen LogP contribution in [0.25, 0.3) is 0 Å². The minimum atomic E-state index is 0.170. The van der Waals surface area contributed by atoms with Crippen molar-refractivity contribution in [2.24, 2.45) is 11.8 Å². The van der Waals surface area contributed by atoms with Crippen LogP contribution in [0, 0.1) is 11.8 Å². The maximum atomic E-state index is 11.6. The third-order valence-corrected chi connectivity index (χ3v) is 4.70. The Labute approximate surface area is 117 Å². The SMILES string of the molecule is CC(C)C(Br)Cc1ccc(NC(=O)C2CC2)cc1. The molecule has 1 N–H and O–H groups in total. The van der Waals surface area contributed by atoms with Crippen molar-refractivity contribution in [3.8, 4) is 0 Å². The highest BCUT2D eigenvalue weighted by Crippen LogP contribution is 2.30. The van der Waals surface area contributed by atoms with Crippen LogP contribution in [0.4, 0.5) is 5.69 Å². The van der Waals surface area contributed by atoms with Crippen LogP contribution in [0.2, 0.25) is 0 Å². The number of nitrogens with one attached hydrogen (secondary N) is 1. The molecular weight excluding hydrogens is 290 g/mol. The molecule has 0 saturated heterocycles. The van der Waals surface area contributed by atoms with Gasteiger partial charge in [0, 0.05) is 16.4 Å². The normalized spacial score (nSPS) is 16.7. The molecule has 0 radical (unpaired) electrons. The van der Waals surface area contributed by atoms with E-state index in [9.17, 15) is 4.79 Å². The summed E-state index contributed by atoms with van der Waals surface area (Å²) in [7, 11) is 0. The lowest BCUT2D eigenvalue weighted by Crippen LogP contribution is -2.13. The number of anilines is 1. The van der Waals surface area contributed by atoms with Gasteiger partial charge >= 0.3 is 0 Å². The van der Waals surface area contributed by atoms with Crippen molar-refractivity contribution in [3.05, 3.63) is 29.8 Å². The van der Waals surface area contributed by atoms with Crippen molar-refractivity contribution >= 4 is 27.5 Å². The molecular formula is C15H20BrNO. The van der Waals surface area contributed by atoms with E-state index < -0.39 is 0 Å². The number of alkyl halides is 1. The maximum absolute atomic E-state index is 11.6. The van der Waals surface area contributed by atoms with E-state index >= 15 is 0 Å². The quantitative estimate of drug-likeness (QED) is 0.818. The summed E-state index contributed by atoms with van der Waals surface area (Å²) < 4.78 is 0. The van der Waals surface area contributed by atoms with Gasteiger partial charge in [-0.15, -0.1) is 0 Å². The minimum absolute atomic E-state index is 0.170. The second-order valence-corrected chi connectivity index (χ2v) is 6.60. The fourth-order valence-corrected chi connectivity index (χ4v) is 2.15. The fourth-order valence-electron chi connectivity index (χ4n) is 1.77.